The summed E-state index contributed by atoms with van der Waals surface area (Å²) in [5.41, 5.74) is -0.0650. The molecule has 0 bridgehead atoms. The topological polar surface area (TPSA) is 108 Å². The second kappa shape index (κ2) is 9.52. The average molecular weight is 559 g/mol. The van der Waals surface area contributed by atoms with Crippen LogP contribution in [0.4, 0.5) is 30.5 Å². The summed E-state index contributed by atoms with van der Waals surface area (Å²) in [5, 5.41) is 7.18. The van der Waals surface area contributed by atoms with E-state index < -0.39 is 17.6 Å². The zero-order chi connectivity index (χ0) is 28.3. The number of aromatic nitrogens is 4. The van der Waals surface area contributed by atoms with Crippen LogP contribution in [-0.2, 0) is 22.3 Å². The van der Waals surface area contributed by atoms with Crippen molar-refractivity contribution < 1.29 is 22.8 Å². The van der Waals surface area contributed by atoms with Gasteiger partial charge in [0.25, 0.3) is 5.56 Å². The molecule has 0 radical (unpaired) electrons. The summed E-state index contributed by atoms with van der Waals surface area (Å²) in [6.45, 7) is 6.45. The number of carbonyl (C=O) groups excluding carboxylic acids is 2. The van der Waals surface area contributed by atoms with E-state index in [0.29, 0.717) is 55.3 Å². The van der Waals surface area contributed by atoms with Crippen molar-refractivity contribution in [2.75, 3.05) is 54.4 Å². The van der Waals surface area contributed by atoms with Crippen LogP contribution < -0.4 is 20.7 Å². The molecule has 11 nitrogen and oxygen atoms in total. The van der Waals surface area contributed by atoms with E-state index in [1.165, 1.54) is 30.0 Å². The molecule has 14 heteroatoms. The van der Waals surface area contributed by atoms with Crippen LogP contribution in [0.2, 0.25) is 0 Å². The Morgan fingerprint density at radius 3 is 2.27 bits per heavy atom. The van der Waals surface area contributed by atoms with Gasteiger partial charge in [-0.05, 0) is 49.4 Å². The number of hydrogen-bond donors (Lipinski definition) is 1. The molecule has 3 fully saturated rings. The van der Waals surface area contributed by atoms with Crippen molar-refractivity contribution in [2.45, 2.75) is 33.0 Å². The third-order valence-electron chi connectivity index (χ3n) is 8.06. The van der Waals surface area contributed by atoms with Gasteiger partial charge in [0.1, 0.15) is 12.2 Å². The maximum absolute atomic E-state index is 13.7. The second-order valence-electron chi connectivity index (χ2n) is 10.7. The Bertz CT molecular complexity index is 1530. The number of anilines is 3. The second-order valence-corrected chi connectivity index (χ2v) is 10.7. The predicted molar refractivity (Wildman–Crippen MR) is 140 cm³/mol. The molecule has 1 aliphatic carbocycles. The van der Waals surface area contributed by atoms with E-state index >= 15 is 0 Å². The van der Waals surface area contributed by atoms with Gasteiger partial charge in [0.2, 0.25) is 23.5 Å². The highest BCUT2D eigenvalue weighted by Gasteiger charge is 2.46. The molecule has 2 aliphatic heterocycles. The van der Waals surface area contributed by atoms with Crippen molar-refractivity contribution in [3.05, 3.63) is 45.9 Å². The lowest BCUT2D eigenvalue weighted by Crippen LogP contribution is -2.50. The summed E-state index contributed by atoms with van der Waals surface area (Å²) in [6, 6.07) is 4.20. The van der Waals surface area contributed by atoms with Gasteiger partial charge in [-0.25, -0.2) is 0 Å². The highest BCUT2D eigenvalue weighted by molar-refractivity contribution is 5.91. The lowest BCUT2D eigenvalue weighted by Gasteiger charge is -2.36. The van der Waals surface area contributed by atoms with E-state index in [0.717, 1.165) is 25.2 Å². The van der Waals surface area contributed by atoms with Gasteiger partial charge in [-0.3, -0.25) is 14.4 Å². The number of halogens is 3. The number of fused-ring (bicyclic) bond motifs is 2. The van der Waals surface area contributed by atoms with Crippen LogP contribution in [0.3, 0.4) is 0 Å². The number of carbonyl (C=O) groups is 2. The molecule has 40 heavy (non-hydrogen) atoms. The van der Waals surface area contributed by atoms with Crippen molar-refractivity contribution in [2.24, 2.45) is 11.8 Å². The molecule has 2 amide bonds. The monoisotopic (exact) mass is 558 g/mol. The van der Waals surface area contributed by atoms with Gasteiger partial charge in [-0.2, -0.15) is 22.7 Å². The number of piperazine rings is 1. The maximum Gasteiger partial charge on any atom is 0.416 e. The predicted octanol–water partition coefficient (Wildman–Crippen LogP) is 1.98. The van der Waals surface area contributed by atoms with Gasteiger partial charge in [-0.15, -0.1) is 5.10 Å². The van der Waals surface area contributed by atoms with Gasteiger partial charge in [0.15, 0.2) is 0 Å². The summed E-state index contributed by atoms with van der Waals surface area (Å²) < 4.78 is 41.6. The Morgan fingerprint density at radius 2 is 1.68 bits per heavy atom. The highest BCUT2D eigenvalue weighted by Crippen LogP contribution is 2.45. The van der Waals surface area contributed by atoms with Crippen molar-refractivity contribution in [1.29, 1.82) is 0 Å². The minimum Gasteiger partial charge on any atom is -0.362 e. The number of benzene rings is 1. The minimum absolute atomic E-state index is 0.0336. The first kappa shape index (κ1) is 26.1. The molecule has 3 aromatic rings. The lowest BCUT2D eigenvalue weighted by atomic mass is 10.2. The van der Waals surface area contributed by atoms with E-state index in [2.05, 4.69) is 20.3 Å². The number of nitrogens with zero attached hydrogens (tertiary/aromatic N) is 7. The molecule has 1 aromatic carbocycles. The quantitative estimate of drug-likeness (QED) is 0.510. The fraction of sp³-hybridized carbons (Fsp3) is 0.500. The SMILES string of the molecule is CC(=O)N1CCN(c2c(C)n(CC(=O)Nc3ccc(C(F)(F)F)cc3)c3nc(N4CC5CC5C4)nn3c2=O)CC1. The van der Waals surface area contributed by atoms with Crippen LogP contribution >= 0.6 is 0 Å². The number of alkyl halides is 3. The van der Waals surface area contributed by atoms with Crippen LogP contribution in [-0.4, -0.2) is 75.1 Å². The summed E-state index contributed by atoms with van der Waals surface area (Å²) in [4.78, 5) is 49.0. The Hall–Kier alpha value is -4.10. The molecule has 6 rings (SSSR count). The molecule has 4 heterocycles. The van der Waals surface area contributed by atoms with Crippen molar-refractivity contribution in [1.82, 2.24) is 24.1 Å². The van der Waals surface area contributed by atoms with E-state index in [9.17, 15) is 27.6 Å². The first-order chi connectivity index (χ1) is 19.0. The molecule has 0 spiro atoms. The number of nitrogens with one attached hydrogen (secondary N) is 1. The summed E-state index contributed by atoms with van der Waals surface area (Å²) in [5.74, 6) is 1.36. The Kier molecular flexibility index (Phi) is 6.22. The standard InChI is InChI=1S/C26H29F3N8O3/c1-15-22(34-9-7-33(8-10-34)16(2)38)23(40)37-25(31-24(32-37)35-12-17-11-18(17)13-35)36(15)14-21(39)30-20-5-3-19(4-6-20)26(27,28)29/h3-6,17-18H,7-14H2,1-2H3,(H,30,39). The van der Waals surface area contributed by atoms with E-state index in [-0.39, 0.29) is 29.5 Å². The normalized spacial score (nSPS) is 20.7. The van der Waals surface area contributed by atoms with Crippen LogP contribution in [0.5, 0.6) is 0 Å². The molecular weight excluding hydrogens is 529 g/mol. The molecule has 1 saturated carbocycles. The van der Waals surface area contributed by atoms with Crippen molar-refractivity contribution in [3.63, 3.8) is 0 Å². The maximum atomic E-state index is 13.7. The van der Waals surface area contributed by atoms with Crippen LogP contribution in [0.1, 0.15) is 24.6 Å². The molecule has 2 saturated heterocycles. The first-order valence-corrected chi connectivity index (χ1v) is 13.2. The molecule has 2 atom stereocenters. The van der Waals surface area contributed by atoms with E-state index in [4.69, 9.17) is 0 Å². The number of piperidine rings is 1. The molecule has 2 aromatic heterocycles. The van der Waals surface area contributed by atoms with Gasteiger partial charge in [0.05, 0.1) is 5.56 Å². The fourth-order valence-electron chi connectivity index (χ4n) is 5.72. The molecule has 1 N–H and O–H groups in total. The molecule has 3 aliphatic rings. The van der Waals surface area contributed by atoms with E-state index in [1.807, 2.05) is 4.90 Å². The van der Waals surface area contributed by atoms with Gasteiger partial charge in [0, 0.05) is 57.6 Å². The van der Waals surface area contributed by atoms with Crippen LogP contribution in [0, 0.1) is 18.8 Å². The summed E-state index contributed by atoms with van der Waals surface area (Å²) in [6.07, 6.45) is -3.29. The first-order valence-electron chi connectivity index (χ1n) is 13.2. The fourth-order valence-corrected chi connectivity index (χ4v) is 5.72. The smallest absolute Gasteiger partial charge is 0.362 e. The zero-order valence-corrected chi connectivity index (χ0v) is 22.1. The van der Waals surface area contributed by atoms with Crippen LogP contribution in [0.15, 0.2) is 29.1 Å². The highest BCUT2D eigenvalue weighted by atomic mass is 19.4. The number of hydrogen-bond acceptors (Lipinski definition) is 7. The van der Waals surface area contributed by atoms with Crippen molar-refractivity contribution in [3.8, 4) is 0 Å². The van der Waals surface area contributed by atoms with Crippen LogP contribution in [0.25, 0.3) is 5.78 Å². The third kappa shape index (κ3) is 4.75. The van der Waals surface area contributed by atoms with Gasteiger partial charge >= 0.3 is 6.18 Å². The molecule has 212 valence electrons. The Balaban J connectivity index is 1.33. The average Bonchev–Trinajstić information content (AvgIpc) is 3.29. The molecule has 2 unspecified atom stereocenters. The lowest BCUT2D eigenvalue weighted by molar-refractivity contribution is -0.137. The summed E-state index contributed by atoms with van der Waals surface area (Å²) in [7, 11) is 0. The largest absolute Gasteiger partial charge is 0.416 e. The Morgan fingerprint density at radius 1 is 1.02 bits per heavy atom. The van der Waals surface area contributed by atoms with Gasteiger partial charge in [-0.1, -0.05) is 0 Å². The van der Waals surface area contributed by atoms with Gasteiger partial charge < -0.3 is 24.6 Å². The van der Waals surface area contributed by atoms with Crippen molar-refractivity contribution >= 4 is 34.9 Å². The summed E-state index contributed by atoms with van der Waals surface area (Å²) >= 11 is 0. The number of rotatable bonds is 5. The zero-order valence-electron chi connectivity index (χ0n) is 22.1. The minimum atomic E-state index is -4.48. The number of amides is 2. The Labute approximate surface area is 227 Å². The van der Waals surface area contributed by atoms with E-state index in [1.54, 1.807) is 16.4 Å². The molecular formula is C26H29F3N8O3. The third-order valence-corrected chi connectivity index (χ3v) is 8.06.